The van der Waals surface area contributed by atoms with E-state index >= 15 is 0 Å². The second kappa shape index (κ2) is 8.25. The lowest BCUT2D eigenvalue weighted by Crippen LogP contribution is -2.44. The monoisotopic (exact) mass is 311 g/mol. The Morgan fingerprint density at radius 2 is 2.10 bits per heavy atom. The highest BCUT2D eigenvalue weighted by molar-refractivity contribution is 7.98. The van der Waals surface area contributed by atoms with Crippen molar-refractivity contribution in [2.75, 3.05) is 12.9 Å². The Hall–Kier alpha value is -2.09. The van der Waals surface area contributed by atoms with Gasteiger partial charge in [-0.2, -0.15) is 0 Å². The van der Waals surface area contributed by atoms with Crippen LogP contribution in [0, 0.1) is 0 Å². The van der Waals surface area contributed by atoms with Crippen molar-refractivity contribution >= 4 is 29.7 Å². The molecule has 1 rings (SSSR count). The van der Waals surface area contributed by atoms with Crippen molar-refractivity contribution in [2.24, 2.45) is 0 Å². The Morgan fingerprint density at radius 1 is 1.38 bits per heavy atom. The highest BCUT2D eigenvalue weighted by atomic mass is 32.2. The Labute approximate surface area is 126 Å². The lowest BCUT2D eigenvalue weighted by Gasteiger charge is -2.10. The summed E-state index contributed by atoms with van der Waals surface area (Å²) in [6.45, 7) is 2.99. The third-order valence-electron chi connectivity index (χ3n) is 2.19. The zero-order chi connectivity index (χ0) is 15.8. The summed E-state index contributed by atoms with van der Waals surface area (Å²) in [5.41, 5.74) is 0.282. The van der Waals surface area contributed by atoms with Gasteiger partial charge in [0.1, 0.15) is 5.03 Å². The fourth-order valence-electron chi connectivity index (χ4n) is 1.38. The molecule has 0 unspecified atom stereocenters. The van der Waals surface area contributed by atoms with Crippen LogP contribution in [0.3, 0.4) is 0 Å². The van der Waals surface area contributed by atoms with E-state index in [9.17, 15) is 14.4 Å². The number of amides is 3. The minimum absolute atomic E-state index is 0.0973. The van der Waals surface area contributed by atoms with Gasteiger partial charge in [0, 0.05) is 12.2 Å². The van der Waals surface area contributed by atoms with E-state index in [1.165, 1.54) is 11.8 Å². The van der Waals surface area contributed by atoms with E-state index in [4.69, 9.17) is 4.74 Å². The minimum Gasteiger partial charge on any atom is -0.452 e. The standard InChI is InChI=1S/C13H17N3O4S/c1-8(2)15-13(19)16-10(17)7-20-12(18)9-5-4-6-14-11(9)21-3/h4-6,8H,7H2,1-3H3,(H2,15,16,17,19). The average Bonchev–Trinajstić information content (AvgIpc) is 2.43. The van der Waals surface area contributed by atoms with Crippen LogP contribution in [0.25, 0.3) is 0 Å². The van der Waals surface area contributed by atoms with Crippen molar-refractivity contribution in [3.05, 3.63) is 23.9 Å². The topological polar surface area (TPSA) is 97.4 Å². The molecule has 0 bridgehead atoms. The van der Waals surface area contributed by atoms with E-state index in [0.717, 1.165) is 0 Å². The predicted octanol–water partition coefficient (Wildman–Crippen LogP) is 1.19. The SMILES string of the molecule is CSc1ncccc1C(=O)OCC(=O)NC(=O)NC(C)C. The van der Waals surface area contributed by atoms with Gasteiger partial charge in [-0.05, 0) is 32.2 Å². The molecule has 0 aliphatic rings. The number of imide groups is 1. The highest BCUT2D eigenvalue weighted by Gasteiger charge is 2.16. The molecule has 114 valence electrons. The van der Waals surface area contributed by atoms with E-state index in [-0.39, 0.29) is 11.6 Å². The van der Waals surface area contributed by atoms with E-state index in [1.807, 2.05) is 0 Å². The fraction of sp³-hybridized carbons (Fsp3) is 0.385. The van der Waals surface area contributed by atoms with Gasteiger partial charge in [0.15, 0.2) is 6.61 Å². The summed E-state index contributed by atoms with van der Waals surface area (Å²) in [5, 5.41) is 5.06. The number of hydrogen-bond donors (Lipinski definition) is 2. The van der Waals surface area contributed by atoms with Crippen LogP contribution in [0.1, 0.15) is 24.2 Å². The molecule has 0 fully saturated rings. The second-order valence-corrected chi connectivity index (χ2v) is 5.11. The van der Waals surface area contributed by atoms with Crippen molar-refractivity contribution < 1.29 is 19.1 Å². The summed E-state index contributed by atoms with van der Waals surface area (Å²) in [7, 11) is 0. The van der Waals surface area contributed by atoms with Crippen LogP contribution in [0.5, 0.6) is 0 Å². The molecule has 1 heterocycles. The largest absolute Gasteiger partial charge is 0.452 e. The molecule has 0 saturated heterocycles. The van der Waals surface area contributed by atoms with Crippen molar-refractivity contribution in [1.82, 2.24) is 15.6 Å². The van der Waals surface area contributed by atoms with Crippen LogP contribution in [-0.4, -0.2) is 41.8 Å². The number of carbonyl (C=O) groups excluding carboxylic acids is 3. The van der Waals surface area contributed by atoms with Gasteiger partial charge in [-0.25, -0.2) is 14.6 Å². The predicted molar refractivity (Wildman–Crippen MR) is 78.1 cm³/mol. The Bertz CT molecular complexity index is 534. The molecule has 0 saturated carbocycles. The maximum absolute atomic E-state index is 11.8. The van der Waals surface area contributed by atoms with Crippen LogP contribution in [0.4, 0.5) is 4.79 Å². The number of nitrogens with one attached hydrogen (secondary N) is 2. The van der Waals surface area contributed by atoms with Crippen molar-refractivity contribution in [3.63, 3.8) is 0 Å². The van der Waals surface area contributed by atoms with Crippen LogP contribution in [0.15, 0.2) is 23.4 Å². The first-order valence-electron chi connectivity index (χ1n) is 6.20. The molecular weight excluding hydrogens is 294 g/mol. The van der Waals surface area contributed by atoms with E-state index in [2.05, 4.69) is 15.6 Å². The number of nitrogens with zero attached hydrogens (tertiary/aromatic N) is 1. The molecule has 7 nitrogen and oxygen atoms in total. The third-order valence-corrected chi connectivity index (χ3v) is 2.90. The molecule has 8 heteroatoms. The molecule has 0 atom stereocenters. The molecule has 0 aliphatic heterocycles. The molecule has 0 spiro atoms. The van der Waals surface area contributed by atoms with Gasteiger partial charge in [0.2, 0.25) is 0 Å². The summed E-state index contributed by atoms with van der Waals surface area (Å²) in [4.78, 5) is 38.6. The number of pyridine rings is 1. The summed E-state index contributed by atoms with van der Waals surface area (Å²) in [6, 6.07) is 2.44. The maximum atomic E-state index is 11.8. The Kier molecular flexibility index (Phi) is 6.67. The maximum Gasteiger partial charge on any atom is 0.341 e. The number of hydrogen-bond acceptors (Lipinski definition) is 6. The zero-order valence-electron chi connectivity index (χ0n) is 12.0. The summed E-state index contributed by atoms with van der Waals surface area (Å²) in [6.07, 6.45) is 3.34. The third kappa shape index (κ3) is 5.82. The molecule has 0 radical (unpaired) electrons. The van der Waals surface area contributed by atoms with Crippen LogP contribution < -0.4 is 10.6 Å². The lowest BCUT2D eigenvalue weighted by molar-refractivity contribution is -0.123. The molecule has 1 aromatic heterocycles. The van der Waals surface area contributed by atoms with Gasteiger partial charge in [-0.1, -0.05) is 0 Å². The molecule has 21 heavy (non-hydrogen) atoms. The number of urea groups is 1. The molecule has 0 aliphatic carbocycles. The fourth-order valence-corrected chi connectivity index (χ4v) is 1.92. The number of ether oxygens (including phenoxy) is 1. The quantitative estimate of drug-likeness (QED) is 0.626. The Balaban J connectivity index is 2.49. The number of thioether (sulfide) groups is 1. The number of esters is 1. The van der Waals surface area contributed by atoms with Gasteiger partial charge < -0.3 is 10.1 Å². The first kappa shape index (κ1) is 17.0. The summed E-state index contributed by atoms with van der Waals surface area (Å²) in [5.74, 6) is -1.36. The Morgan fingerprint density at radius 3 is 2.71 bits per heavy atom. The normalized spacial score (nSPS) is 10.1. The van der Waals surface area contributed by atoms with Crippen LogP contribution in [-0.2, 0) is 9.53 Å². The summed E-state index contributed by atoms with van der Waals surface area (Å²) < 4.78 is 4.85. The van der Waals surface area contributed by atoms with Gasteiger partial charge in [-0.3, -0.25) is 10.1 Å². The van der Waals surface area contributed by atoms with Crippen molar-refractivity contribution in [1.29, 1.82) is 0 Å². The number of rotatable bonds is 5. The minimum atomic E-state index is -0.698. The molecule has 3 amide bonds. The van der Waals surface area contributed by atoms with Crippen LogP contribution >= 0.6 is 11.8 Å². The second-order valence-electron chi connectivity index (χ2n) is 4.31. The van der Waals surface area contributed by atoms with E-state index in [1.54, 1.807) is 38.4 Å². The molecular formula is C13H17N3O4S. The summed E-state index contributed by atoms with van der Waals surface area (Å²) >= 11 is 1.30. The van der Waals surface area contributed by atoms with Crippen LogP contribution in [0.2, 0.25) is 0 Å². The molecule has 2 N–H and O–H groups in total. The number of carbonyl (C=O) groups is 3. The number of aromatic nitrogens is 1. The van der Waals surface area contributed by atoms with Gasteiger partial charge in [0.25, 0.3) is 5.91 Å². The van der Waals surface area contributed by atoms with Crippen molar-refractivity contribution in [2.45, 2.75) is 24.9 Å². The van der Waals surface area contributed by atoms with Gasteiger partial charge >= 0.3 is 12.0 Å². The zero-order valence-corrected chi connectivity index (χ0v) is 12.8. The molecule has 1 aromatic rings. The van der Waals surface area contributed by atoms with Gasteiger partial charge in [0.05, 0.1) is 5.56 Å². The van der Waals surface area contributed by atoms with Crippen molar-refractivity contribution in [3.8, 4) is 0 Å². The highest BCUT2D eigenvalue weighted by Crippen LogP contribution is 2.17. The first-order valence-corrected chi connectivity index (χ1v) is 7.43. The smallest absolute Gasteiger partial charge is 0.341 e. The molecule has 0 aromatic carbocycles. The van der Waals surface area contributed by atoms with E-state index in [0.29, 0.717) is 5.03 Å². The lowest BCUT2D eigenvalue weighted by atomic mass is 10.3. The average molecular weight is 311 g/mol. The van der Waals surface area contributed by atoms with E-state index < -0.39 is 24.5 Å². The van der Waals surface area contributed by atoms with Gasteiger partial charge in [-0.15, -0.1) is 11.8 Å². The first-order chi connectivity index (χ1) is 9.93.